The summed E-state index contributed by atoms with van der Waals surface area (Å²) in [6.45, 7) is 0.417. The molecule has 0 aromatic rings. The second-order valence-corrected chi connectivity index (χ2v) is 2.56. The van der Waals surface area contributed by atoms with Crippen molar-refractivity contribution in [3.05, 3.63) is 0 Å². The number of carbonyl (C=O) groups is 2. The van der Waals surface area contributed by atoms with Crippen LogP contribution in [0.4, 0.5) is 4.79 Å². The first-order chi connectivity index (χ1) is 6.07. The molecule has 0 aliphatic heterocycles. The number of methoxy groups -OCH3 is 1. The van der Waals surface area contributed by atoms with E-state index in [1.165, 1.54) is 7.11 Å². The maximum absolute atomic E-state index is 10.8. The minimum Gasteiger partial charge on any atom is -0.468 e. The van der Waals surface area contributed by atoms with Crippen LogP contribution in [-0.4, -0.2) is 31.7 Å². The molecule has 76 valence electrons. The van der Waals surface area contributed by atoms with Crippen LogP contribution >= 0.6 is 0 Å². The Morgan fingerprint density at radius 3 is 2.62 bits per heavy atom. The molecule has 0 aromatic heterocycles. The fourth-order valence-electron chi connectivity index (χ4n) is 0.803. The molecule has 0 unspecified atom stereocenters. The van der Waals surface area contributed by atoms with Crippen LogP contribution in [0, 0.1) is 0 Å². The average Bonchev–Trinajstić information content (AvgIpc) is 2.10. The highest BCUT2D eigenvalue weighted by Crippen LogP contribution is 1.94. The number of amides is 2. The predicted molar refractivity (Wildman–Crippen MR) is 46.8 cm³/mol. The van der Waals surface area contributed by atoms with Crippen LogP contribution in [0.2, 0.25) is 0 Å². The van der Waals surface area contributed by atoms with E-state index in [1.807, 2.05) is 0 Å². The maximum Gasteiger partial charge on any atom is 0.322 e. The van der Waals surface area contributed by atoms with E-state index in [0.717, 1.165) is 0 Å². The summed E-state index contributed by atoms with van der Waals surface area (Å²) in [5.74, 6) is -0.445. The Kier molecular flexibility index (Phi) is 5.62. The number of esters is 1. The smallest absolute Gasteiger partial charge is 0.322 e. The van der Waals surface area contributed by atoms with E-state index in [0.29, 0.717) is 19.4 Å². The zero-order chi connectivity index (χ0) is 10.3. The number of carbonyl (C=O) groups excluding carboxylic acids is 2. The molecular formula is C7H15N3O3. The van der Waals surface area contributed by atoms with E-state index in [9.17, 15) is 9.59 Å². The van der Waals surface area contributed by atoms with Crippen LogP contribution in [-0.2, 0) is 9.53 Å². The highest BCUT2D eigenvalue weighted by atomic mass is 16.5. The van der Waals surface area contributed by atoms with Gasteiger partial charge in [-0.1, -0.05) is 0 Å². The third-order valence-corrected chi connectivity index (χ3v) is 1.50. The summed E-state index contributed by atoms with van der Waals surface area (Å²) >= 11 is 0. The van der Waals surface area contributed by atoms with Crippen molar-refractivity contribution >= 4 is 12.0 Å². The van der Waals surface area contributed by atoms with Gasteiger partial charge in [0.1, 0.15) is 6.04 Å². The molecule has 0 saturated heterocycles. The molecule has 6 heteroatoms. The third-order valence-electron chi connectivity index (χ3n) is 1.50. The molecule has 6 nitrogen and oxygen atoms in total. The van der Waals surface area contributed by atoms with Crippen LogP contribution < -0.4 is 16.8 Å². The van der Waals surface area contributed by atoms with Crippen molar-refractivity contribution in [2.75, 3.05) is 13.7 Å². The zero-order valence-corrected chi connectivity index (χ0v) is 7.58. The van der Waals surface area contributed by atoms with Gasteiger partial charge in [-0.05, 0) is 12.8 Å². The molecule has 0 aromatic carbocycles. The molecule has 2 amide bonds. The van der Waals surface area contributed by atoms with Crippen LogP contribution in [0.5, 0.6) is 0 Å². The van der Waals surface area contributed by atoms with Crippen LogP contribution in [0.25, 0.3) is 0 Å². The molecule has 13 heavy (non-hydrogen) atoms. The summed E-state index contributed by atoms with van der Waals surface area (Å²) in [4.78, 5) is 21.0. The fraction of sp³-hybridized carbons (Fsp3) is 0.714. The monoisotopic (exact) mass is 189 g/mol. The number of nitrogens with one attached hydrogen (secondary N) is 1. The molecule has 5 N–H and O–H groups in total. The van der Waals surface area contributed by atoms with Gasteiger partial charge in [0.05, 0.1) is 7.11 Å². The Balaban J connectivity index is 3.42. The average molecular weight is 189 g/mol. The van der Waals surface area contributed by atoms with E-state index in [1.54, 1.807) is 0 Å². The summed E-state index contributed by atoms with van der Waals surface area (Å²) in [5, 5.41) is 2.39. The van der Waals surface area contributed by atoms with E-state index in [-0.39, 0.29) is 0 Å². The lowest BCUT2D eigenvalue weighted by Gasteiger charge is -2.08. The standard InChI is InChI=1S/C7H15N3O3/c1-13-6(11)5(8)3-2-4-10-7(9)12/h5H,2-4,8H2,1H3,(H3,9,10,12)/t5-/m1/s1. The Hall–Kier alpha value is -1.30. The van der Waals surface area contributed by atoms with E-state index >= 15 is 0 Å². The molecule has 0 heterocycles. The van der Waals surface area contributed by atoms with Crippen molar-refractivity contribution in [3.63, 3.8) is 0 Å². The molecule has 0 radical (unpaired) electrons. The van der Waals surface area contributed by atoms with Gasteiger partial charge >= 0.3 is 12.0 Å². The van der Waals surface area contributed by atoms with Crippen molar-refractivity contribution in [3.8, 4) is 0 Å². The van der Waals surface area contributed by atoms with Crippen LogP contribution in [0.1, 0.15) is 12.8 Å². The van der Waals surface area contributed by atoms with Crippen LogP contribution in [0.3, 0.4) is 0 Å². The second kappa shape index (κ2) is 6.24. The predicted octanol–water partition coefficient (Wildman–Crippen LogP) is -1.06. The molecule has 0 saturated carbocycles. The summed E-state index contributed by atoms with van der Waals surface area (Å²) in [6, 6.07) is -1.20. The first-order valence-electron chi connectivity index (χ1n) is 3.94. The van der Waals surface area contributed by atoms with Gasteiger partial charge in [-0.2, -0.15) is 0 Å². The summed E-state index contributed by atoms with van der Waals surface area (Å²) in [6.07, 6.45) is 1.06. The molecular weight excluding hydrogens is 174 g/mol. The van der Waals surface area contributed by atoms with Gasteiger partial charge in [-0.3, -0.25) is 4.79 Å². The molecule has 0 aliphatic rings. The number of ether oxygens (including phenoxy) is 1. The van der Waals surface area contributed by atoms with Gasteiger partial charge in [0.15, 0.2) is 0 Å². The van der Waals surface area contributed by atoms with E-state index < -0.39 is 18.0 Å². The van der Waals surface area contributed by atoms with Gasteiger partial charge in [-0.25, -0.2) is 4.79 Å². The molecule has 1 atom stereocenters. The Bertz CT molecular complexity index is 184. The van der Waals surface area contributed by atoms with Crippen molar-refractivity contribution in [2.45, 2.75) is 18.9 Å². The normalized spacial score (nSPS) is 11.8. The van der Waals surface area contributed by atoms with Gasteiger partial charge in [-0.15, -0.1) is 0 Å². The maximum atomic E-state index is 10.8. The highest BCUT2D eigenvalue weighted by Gasteiger charge is 2.12. The number of rotatable bonds is 5. The number of primary amides is 1. The first-order valence-corrected chi connectivity index (χ1v) is 3.94. The summed E-state index contributed by atoms with van der Waals surface area (Å²) in [5.41, 5.74) is 10.2. The lowest BCUT2D eigenvalue weighted by molar-refractivity contribution is -0.142. The molecule has 0 aliphatic carbocycles. The molecule has 0 spiro atoms. The van der Waals surface area contributed by atoms with E-state index in [2.05, 4.69) is 10.1 Å². The lowest BCUT2D eigenvalue weighted by atomic mass is 10.2. The van der Waals surface area contributed by atoms with Crippen molar-refractivity contribution in [1.29, 1.82) is 0 Å². The van der Waals surface area contributed by atoms with Crippen LogP contribution in [0.15, 0.2) is 0 Å². The highest BCUT2D eigenvalue weighted by molar-refractivity contribution is 5.75. The zero-order valence-electron chi connectivity index (χ0n) is 7.58. The fourth-order valence-corrected chi connectivity index (χ4v) is 0.803. The number of hydrogen-bond donors (Lipinski definition) is 3. The second-order valence-electron chi connectivity index (χ2n) is 2.56. The summed E-state index contributed by atoms with van der Waals surface area (Å²) in [7, 11) is 1.28. The van der Waals surface area contributed by atoms with Gasteiger partial charge in [0.25, 0.3) is 0 Å². The molecule has 0 fully saturated rings. The molecule has 0 rings (SSSR count). The Labute approximate surface area is 76.6 Å². The minimum absolute atomic E-state index is 0.417. The lowest BCUT2D eigenvalue weighted by Crippen LogP contribution is -2.34. The number of urea groups is 1. The van der Waals surface area contributed by atoms with Gasteiger partial charge in [0.2, 0.25) is 0 Å². The quantitative estimate of drug-likeness (QED) is 0.378. The van der Waals surface area contributed by atoms with Crippen molar-refractivity contribution < 1.29 is 14.3 Å². The van der Waals surface area contributed by atoms with Crippen molar-refractivity contribution in [2.24, 2.45) is 11.5 Å². The van der Waals surface area contributed by atoms with Gasteiger partial charge < -0.3 is 21.5 Å². The first kappa shape index (κ1) is 11.7. The Morgan fingerprint density at radius 2 is 2.15 bits per heavy atom. The van der Waals surface area contributed by atoms with Crippen molar-refractivity contribution in [1.82, 2.24) is 5.32 Å². The third kappa shape index (κ3) is 5.92. The minimum atomic E-state index is -0.625. The molecule has 0 bridgehead atoms. The Morgan fingerprint density at radius 1 is 1.54 bits per heavy atom. The number of nitrogens with two attached hydrogens (primary N) is 2. The number of hydrogen-bond acceptors (Lipinski definition) is 4. The van der Waals surface area contributed by atoms with Gasteiger partial charge in [0, 0.05) is 6.54 Å². The topological polar surface area (TPSA) is 107 Å². The van der Waals surface area contributed by atoms with E-state index in [4.69, 9.17) is 11.5 Å². The summed E-state index contributed by atoms with van der Waals surface area (Å²) < 4.78 is 4.41. The largest absolute Gasteiger partial charge is 0.468 e. The SMILES string of the molecule is COC(=O)[C@H](N)CCCNC(N)=O.